The second-order valence-corrected chi connectivity index (χ2v) is 6.62. The first-order chi connectivity index (χ1) is 12.5. The molecule has 4 nitrogen and oxygen atoms in total. The molecule has 26 heavy (non-hydrogen) atoms. The zero-order valence-corrected chi connectivity index (χ0v) is 16.7. The minimum Gasteiger partial charge on any atom is -0.324 e. The highest BCUT2D eigenvalue weighted by Crippen LogP contribution is 2.29. The van der Waals surface area contributed by atoms with Gasteiger partial charge in [0.15, 0.2) is 5.62 Å². The lowest BCUT2D eigenvalue weighted by Crippen LogP contribution is -2.26. The predicted molar refractivity (Wildman–Crippen MR) is 113 cm³/mol. The predicted octanol–water partition coefficient (Wildman–Crippen LogP) is 4.80. The monoisotopic (exact) mass is 352 g/mol. The largest absolute Gasteiger partial charge is 0.324 e. The Morgan fingerprint density at radius 3 is 2.54 bits per heavy atom. The van der Waals surface area contributed by atoms with Crippen LogP contribution in [0, 0.1) is 5.41 Å². The maximum Gasteiger partial charge on any atom is 0.200 e. The Morgan fingerprint density at radius 1 is 1.27 bits per heavy atom. The summed E-state index contributed by atoms with van der Waals surface area (Å²) >= 11 is 0. The van der Waals surface area contributed by atoms with Gasteiger partial charge in [0.05, 0.1) is 11.0 Å². The Bertz CT molecular complexity index is 875. The molecule has 1 aromatic carbocycles. The summed E-state index contributed by atoms with van der Waals surface area (Å²) in [6.45, 7) is 20.6. The molecule has 0 unspecified atom stereocenters. The fourth-order valence-corrected chi connectivity index (χ4v) is 3.31. The van der Waals surface area contributed by atoms with Crippen LogP contribution in [0.25, 0.3) is 22.2 Å². The molecule has 4 heteroatoms. The number of H-pyrrole nitrogens is 1. The van der Waals surface area contributed by atoms with Crippen molar-refractivity contribution in [3.8, 4) is 0 Å². The van der Waals surface area contributed by atoms with Gasteiger partial charge in [0.2, 0.25) is 0 Å². The van der Waals surface area contributed by atoms with Crippen molar-refractivity contribution in [2.45, 2.75) is 40.7 Å². The number of aryl methyl sites for hydroxylation is 1. The molecular weight excluding hydrogens is 320 g/mol. The number of imidazole rings is 1. The van der Waals surface area contributed by atoms with Gasteiger partial charge in [0.25, 0.3) is 0 Å². The first-order valence-corrected chi connectivity index (χ1v) is 9.45. The number of allylic oxidation sites excluding steroid dienone is 4. The first-order valence-electron chi connectivity index (χ1n) is 9.45. The topological polar surface area (TPSA) is 47.8 Å². The van der Waals surface area contributed by atoms with Crippen LogP contribution < -0.4 is 5.62 Å². The normalized spacial score (nSPS) is 12.1. The Labute approximate surface area is 157 Å². The number of hydrogen-bond donors (Lipinski definition) is 2. The van der Waals surface area contributed by atoms with E-state index < -0.39 is 0 Å². The number of nitrogens with zero attached hydrogens (tertiary/aromatic N) is 2. The van der Waals surface area contributed by atoms with E-state index in [4.69, 9.17) is 5.41 Å². The van der Waals surface area contributed by atoms with E-state index in [1.54, 1.807) is 6.08 Å². The van der Waals surface area contributed by atoms with Gasteiger partial charge >= 0.3 is 0 Å². The lowest BCUT2D eigenvalue weighted by atomic mass is 9.95. The van der Waals surface area contributed by atoms with Crippen LogP contribution in [0.2, 0.25) is 0 Å². The van der Waals surface area contributed by atoms with E-state index in [0.717, 1.165) is 60.3 Å². The van der Waals surface area contributed by atoms with Crippen LogP contribution in [0.3, 0.4) is 0 Å². The van der Waals surface area contributed by atoms with Crippen molar-refractivity contribution in [1.29, 1.82) is 5.41 Å². The molecular formula is C22H32N4. The molecule has 0 amide bonds. The van der Waals surface area contributed by atoms with Crippen LogP contribution in [0.5, 0.6) is 0 Å². The average molecular weight is 353 g/mol. The summed E-state index contributed by atoms with van der Waals surface area (Å²) in [4.78, 5) is 5.64. The zero-order valence-electron chi connectivity index (χ0n) is 16.7. The highest BCUT2D eigenvalue weighted by Gasteiger charge is 2.12. The van der Waals surface area contributed by atoms with Gasteiger partial charge in [-0.15, -0.1) is 0 Å². The molecule has 0 aliphatic rings. The molecule has 0 saturated heterocycles. The fourth-order valence-electron chi connectivity index (χ4n) is 3.31. The van der Waals surface area contributed by atoms with E-state index in [2.05, 4.69) is 66.6 Å². The van der Waals surface area contributed by atoms with Crippen LogP contribution >= 0.6 is 0 Å². The Morgan fingerprint density at radius 2 is 1.96 bits per heavy atom. The molecule has 0 radical (unpaired) electrons. The smallest absolute Gasteiger partial charge is 0.200 e. The van der Waals surface area contributed by atoms with Crippen molar-refractivity contribution in [2.24, 2.45) is 0 Å². The number of nitrogens with one attached hydrogen (secondary N) is 2. The second kappa shape index (κ2) is 8.86. The zero-order chi connectivity index (χ0) is 19.3. The first kappa shape index (κ1) is 20.0. The third kappa shape index (κ3) is 4.07. The molecule has 1 heterocycles. The van der Waals surface area contributed by atoms with Gasteiger partial charge in [-0.2, -0.15) is 0 Å². The van der Waals surface area contributed by atoms with Crippen molar-refractivity contribution in [3.05, 3.63) is 54.2 Å². The molecule has 2 rings (SSSR count). The molecule has 0 bridgehead atoms. The Hall–Kier alpha value is -2.33. The van der Waals surface area contributed by atoms with Crippen LogP contribution in [0.15, 0.2) is 37.4 Å². The summed E-state index contributed by atoms with van der Waals surface area (Å²) in [7, 11) is 0. The molecule has 0 aliphatic heterocycles. The summed E-state index contributed by atoms with van der Waals surface area (Å²) in [6.07, 6.45) is 4.93. The number of benzene rings is 1. The summed E-state index contributed by atoms with van der Waals surface area (Å²) in [6, 6.07) is 4.28. The van der Waals surface area contributed by atoms with Crippen molar-refractivity contribution in [3.63, 3.8) is 0 Å². The van der Waals surface area contributed by atoms with Crippen molar-refractivity contribution < 1.29 is 0 Å². The average Bonchev–Trinajstić information content (AvgIpc) is 2.97. The van der Waals surface area contributed by atoms with E-state index in [9.17, 15) is 0 Å². The highest BCUT2D eigenvalue weighted by molar-refractivity contribution is 5.90. The summed E-state index contributed by atoms with van der Waals surface area (Å²) < 4.78 is 2.08. The standard InChI is InChI=1S/C22H32N4/c1-7-16(5)18-14-20-21(15-19(18)17(6)8-2)26(22(23)24-20)13-11-12-25(9-3)10-4/h7-8,14-15H,1,5,9-13H2,2-4,6H3,(H2,23,24)/b17-8+. The van der Waals surface area contributed by atoms with Crippen LogP contribution in [-0.4, -0.2) is 34.1 Å². The van der Waals surface area contributed by atoms with Gasteiger partial charge in [-0.1, -0.05) is 39.2 Å². The minimum atomic E-state index is 0.449. The number of aromatic nitrogens is 2. The number of fused-ring (bicyclic) bond motifs is 1. The number of rotatable bonds is 9. The lowest BCUT2D eigenvalue weighted by molar-refractivity contribution is 0.293. The maximum atomic E-state index is 8.36. The maximum absolute atomic E-state index is 8.36. The fraction of sp³-hybridized carbons (Fsp3) is 0.409. The SMILES string of the molecule is C=CC(=C)c1cc2[nH]c(=N)n(CCCN(CC)CC)c2cc1/C(C)=C/C. The quantitative estimate of drug-likeness (QED) is 0.626. The molecule has 2 N–H and O–H groups in total. The van der Waals surface area contributed by atoms with Gasteiger partial charge in [-0.05, 0) is 74.3 Å². The van der Waals surface area contributed by atoms with Crippen LogP contribution in [0.4, 0.5) is 0 Å². The van der Waals surface area contributed by atoms with Crippen LogP contribution in [0.1, 0.15) is 45.2 Å². The molecule has 0 spiro atoms. The summed E-state index contributed by atoms with van der Waals surface area (Å²) in [5, 5.41) is 8.36. The molecule has 0 fully saturated rings. The van der Waals surface area contributed by atoms with Gasteiger partial charge in [0.1, 0.15) is 0 Å². The van der Waals surface area contributed by atoms with E-state index >= 15 is 0 Å². The Balaban J connectivity index is 2.47. The third-order valence-corrected chi connectivity index (χ3v) is 5.15. The molecule has 2 aromatic rings. The van der Waals surface area contributed by atoms with Gasteiger partial charge < -0.3 is 14.5 Å². The lowest BCUT2D eigenvalue weighted by Gasteiger charge is -2.18. The van der Waals surface area contributed by atoms with Gasteiger partial charge in [0, 0.05) is 6.54 Å². The van der Waals surface area contributed by atoms with Gasteiger partial charge in [-0.3, -0.25) is 5.41 Å². The molecule has 0 aliphatic carbocycles. The van der Waals surface area contributed by atoms with Gasteiger partial charge in [-0.25, -0.2) is 0 Å². The third-order valence-electron chi connectivity index (χ3n) is 5.15. The molecule has 1 aromatic heterocycles. The molecule has 140 valence electrons. The second-order valence-electron chi connectivity index (χ2n) is 6.62. The van der Waals surface area contributed by atoms with E-state index in [1.807, 2.05) is 6.92 Å². The minimum absolute atomic E-state index is 0.449. The Kier molecular flexibility index (Phi) is 6.81. The number of hydrogen-bond acceptors (Lipinski definition) is 2. The van der Waals surface area contributed by atoms with Crippen molar-refractivity contribution in [2.75, 3.05) is 19.6 Å². The van der Waals surface area contributed by atoms with E-state index in [-0.39, 0.29) is 0 Å². The summed E-state index contributed by atoms with van der Waals surface area (Å²) in [5.41, 5.74) is 6.82. The summed E-state index contributed by atoms with van der Waals surface area (Å²) in [5.74, 6) is 0. The van der Waals surface area contributed by atoms with E-state index in [1.165, 1.54) is 5.57 Å². The molecule has 0 atom stereocenters. The van der Waals surface area contributed by atoms with Crippen LogP contribution in [-0.2, 0) is 6.54 Å². The van der Waals surface area contributed by atoms with Crippen molar-refractivity contribution in [1.82, 2.24) is 14.5 Å². The van der Waals surface area contributed by atoms with Crippen molar-refractivity contribution >= 4 is 22.2 Å². The highest BCUT2D eigenvalue weighted by atomic mass is 15.1. The molecule has 0 saturated carbocycles. The van der Waals surface area contributed by atoms with E-state index in [0.29, 0.717) is 5.62 Å². The number of aromatic amines is 1.